The van der Waals surface area contributed by atoms with Gasteiger partial charge in [0.15, 0.2) is 5.78 Å². The summed E-state index contributed by atoms with van der Waals surface area (Å²) in [6.07, 6.45) is 4.67. The summed E-state index contributed by atoms with van der Waals surface area (Å²) >= 11 is 0. The lowest BCUT2D eigenvalue weighted by atomic mass is 10.2. The molecule has 1 unspecified atom stereocenters. The van der Waals surface area contributed by atoms with Crippen molar-refractivity contribution >= 4 is 17.4 Å². The molecule has 1 N–H and O–H groups in total. The van der Waals surface area contributed by atoms with Crippen LogP contribution in [0.25, 0.3) is 0 Å². The number of nitrogens with one attached hydrogen (secondary N) is 1. The van der Waals surface area contributed by atoms with Gasteiger partial charge in [0, 0.05) is 32.2 Å². The second-order valence-corrected chi connectivity index (χ2v) is 4.99. The summed E-state index contributed by atoms with van der Waals surface area (Å²) < 4.78 is 5.56. The lowest BCUT2D eigenvalue weighted by Gasteiger charge is -2.16. The van der Waals surface area contributed by atoms with Gasteiger partial charge in [-0.2, -0.15) is 0 Å². The van der Waals surface area contributed by atoms with Crippen molar-refractivity contribution in [1.29, 1.82) is 0 Å². The molecule has 19 heavy (non-hydrogen) atoms. The van der Waals surface area contributed by atoms with Gasteiger partial charge in [0.05, 0.1) is 12.6 Å². The van der Waals surface area contributed by atoms with Gasteiger partial charge in [-0.15, -0.1) is 0 Å². The monoisotopic (exact) mass is 262 g/mol. The maximum atomic E-state index is 11.3. The number of carbonyl (C=O) groups is 1. The van der Waals surface area contributed by atoms with Gasteiger partial charge in [0.2, 0.25) is 0 Å². The van der Waals surface area contributed by atoms with E-state index in [1.807, 2.05) is 11.0 Å². The minimum atomic E-state index is 0.271. The minimum absolute atomic E-state index is 0.271. The average Bonchev–Trinajstić information content (AvgIpc) is 3.08. The highest BCUT2D eigenvalue weighted by Crippen LogP contribution is 2.18. The quantitative estimate of drug-likeness (QED) is 0.867. The van der Waals surface area contributed by atoms with Crippen LogP contribution in [0.2, 0.25) is 0 Å². The molecule has 0 saturated carbocycles. The normalized spacial score (nSPS) is 23.1. The summed E-state index contributed by atoms with van der Waals surface area (Å²) in [6, 6.07) is 1.90. The van der Waals surface area contributed by atoms with E-state index in [0.29, 0.717) is 13.0 Å². The van der Waals surface area contributed by atoms with Crippen molar-refractivity contribution in [3.8, 4) is 0 Å². The summed E-state index contributed by atoms with van der Waals surface area (Å²) in [5.41, 5.74) is 0. The average molecular weight is 262 g/mol. The number of Topliss-reactive ketones (excluding diaryl/α,β-unsaturated/α-hetero) is 1. The Morgan fingerprint density at radius 3 is 3.16 bits per heavy atom. The number of hydrogen-bond acceptors (Lipinski definition) is 6. The molecule has 102 valence electrons. The molecule has 2 fully saturated rings. The van der Waals surface area contributed by atoms with Crippen molar-refractivity contribution in [2.75, 3.05) is 36.5 Å². The van der Waals surface area contributed by atoms with Crippen LogP contribution in [-0.2, 0) is 9.53 Å². The third-order valence-corrected chi connectivity index (χ3v) is 3.54. The first-order valence-corrected chi connectivity index (χ1v) is 6.75. The summed E-state index contributed by atoms with van der Waals surface area (Å²) in [4.78, 5) is 21.7. The van der Waals surface area contributed by atoms with Crippen molar-refractivity contribution < 1.29 is 9.53 Å². The molecule has 1 aromatic heterocycles. The Kier molecular flexibility index (Phi) is 3.59. The van der Waals surface area contributed by atoms with E-state index in [9.17, 15) is 4.79 Å². The topological polar surface area (TPSA) is 67.4 Å². The number of ether oxygens (including phenoxy) is 1. The fraction of sp³-hybridized carbons (Fsp3) is 0.615. The minimum Gasteiger partial charge on any atom is -0.376 e. The molecule has 1 atom stereocenters. The first kappa shape index (κ1) is 12.3. The zero-order valence-corrected chi connectivity index (χ0v) is 10.8. The van der Waals surface area contributed by atoms with Crippen LogP contribution in [0.1, 0.15) is 19.3 Å². The van der Waals surface area contributed by atoms with E-state index in [2.05, 4.69) is 15.3 Å². The number of rotatable bonds is 4. The lowest BCUT2D eigenvalue weighted by molar-refractivity contribution is -0.116. The third kappa shape index (κ3) is 3.01. The standard InChI is InChI=1S/C13H18N4O2/c18-10-3-4-17(8-10)13-6-12(15-9-16-13)14-7-11-2-1-5-19-11/h6,9,11H,1-5,7-8H2,(H,14,15,16). The Morgan fingerprint density at radius 2 is 2.42 bits per heavy atom. The van der Waals surface area contributed by atoms with Crippen LogP contribution >= 0.6 is 0 Å². The summed E-state index contributed by atoms with van der Waals surface area (Å²) in [5, 5.41) is 3.27. The molecule has 1 aromatic rings. The summed E-state index contributed by atoms with van der Waals surface area (Å²) in [5.74, 6) is 1.88. The van der Waals surface area contributed by atoms with Crippen LogP contribution in [-0.4, -0.2) is 48.1 Å². The highest BCUT2D eigenvalue weighted by Gasteiger charge is 2.21. The third-order valence-electron chi connectivity index (χ3n) is 3.54. The van der Waals surface area contributed by atoms with E-state index in [-0.39, 0.29) is 11.9 Å². The van der Waals surface area contributed by atoms with Crippen LogP contribution in [0.5, 0.6) is 0 Å². The molecule has 0 aliphatic carbocycles. The zero-order valence-electron chi connectivity index (χ0n) is 10.8. The SMILES string of the molecule is O=C1CCN(c2cc(NCC3CCCO3)ncn2)C1. The van der Waals surface area contributed by atoms with Gasteiger partial charge in [-0.3, -0.25) is 4.79 Å². The Balaban J connectivity index is 1.60. The van der Waals surface area contributed by atoms with Gasteiger partial charge in [-0.25, -0.2) is 9.97 Å². The maximum absolute atomic E-state index is 11.3. The molecule has 0 radical (unpaired) electrons. The highest BCUT2D eigenvalue weighted by atomic mass is 16.5. The van der Waals surface area contributed by atoms with Crippen molar-refractivity contribution in [3.05, 3.63) is 12.4 Å². The molecule has 0 amide bonds. The van der Waals surface area contributed by atoms with E-state index >= 15 is 0 Å². The second kappa shape index (κ2) is 5.52. The number of hydrogen-bond donors (Lipinski definition) is 1. The first-order valence-electron chi connectivity index (χ1n) is 6.75. The molecule has 0 spiro atoms. The van der Waals surface area contributed by atoms with Crippen LogP contribution in [0.15, 0.2) is 12.4 Å². The van der Waals surface area contributed by atoms with E-state index in [4.69, 9.17) is 4.74 Å². The maximum Gasteiger partial charge on any atom is 0.153 e. The first-order chi connectivity index (χ1) is 9.31. The van der Waals surface area contributed by atoms with Gasteiger partial charge in [0.1, 0.15) is 18.0 Å². The Labute approximate surface area is 112 Å². The molecule has 6 heteroatoms. The molecule has 0 aromatic carbocycles. The predicted octanol–water partition coefficient (Wildman–Crippen LogP) is 0.847. The molecule has 2 aliphatic rings. The largest absolute Gasteiger partial charge is 0.376 e. The second-order valence-electron chi connectivity index (χ2n) is 4.99. The summed E-state index contributed by atoms with van der Waals surface area (Å²) in [6.45, 7) is 2.84. The summed E-state index contributed by atoms with van der Waals surface area (Å²) in [7, 11) is 0. The Hall–Kier alpha value is -1.69. The van der Waals surface area contributed by atoms with Gasteiger partial charge in [0.25, 0.3) is 0 Å². The molecule has 0 bridgehead atoms. The van der Waals surface area contributed by atoms with Gasteiger partial charge in [-0.05, 0) is 12.8 Å². The number of carbonyl (C=O) groups excluding carboxylic acids is 1. The zero-order chi connectivity index (χ0) is 13.1. The smallest absolute Gasteiger partial charge is 0.153 e. The fourth-order valence-electron chi connectivity index (χ4n) is 2.47. The number of aromatic nitrogens is 2. The van der Waals surface area contributed by atoms with E-state index in [0.717, 1.165) is 44.2 Å². The van der Waals surface area contributed by atoms with Gasteiger partial charge in [-0.1, -0.05) is 0 Å². The molecule has 6 nitrogen and oxygen atoms in total. The predicted molar refractivity (Wildman–Crippen MR) is 71.3 cm³/mol. The van der Waals surface area contributed by atoms with Crippen LogP contribution < -0.4 is 10.2 Å². The van der Waals surface area contributed by atoms with E-state index in [1.54, 1.807) is 0 Å². The van der Waals surface area contributed by atoms with Crippen molar-refractivity contribution in [3.63, 3.8) is 0 Å². The van der Waals surface area contributed by atoms with Gasteiger partial charge >= 0.3 is 0 Å². The van der Waals surface area contributed by atoms with Crippen molar-refractivity contribution in [2.45, 2.75) is 25.4 Å². The molecule has 3 heterocycles. The highest BCUT2D eigenvalue weighted by molar-refractivity contribution is 5.86. The molecular weight excluding hydrogens is 244 g/mol. The number of ketones is 1. The molecule has 3 rings (SSSR count). The molecule has 2 aliphatic heterocycles. The molecule has 2 saturated heterocycles. The van der Waals surface area contributed by atoms with Gasteiger partial charge < -0.3 is 15.0 Å². The van der Waals surface area contributed by atoms with Crippen LogP contribution in [0, 0.1) is 0 Å². The van der Waals surface area contributed by atoms with Crippen LogP contribution in [0.4, 0.5) is 11.6 Å². The lowest BCUT2D eigenvalue weighted by Crippen LogP contribution is -2.22. The van der Waals surface area contributed by atoms with E-state index in [1.165, 1.54) is 6.33 Å². The number of anilines is 2. The number of nitrogens with zero attached hydrogens (tertiary/aromatic N) is 3. The fourth-order valence-corrected chi connectivity index (χ4v) is 2.47. The van der Waals surface area contributed by atoms with Crippen LogP contribution in [0.3, 0.4) is 0 Å². The van der Waals surface area contributed by atoms with Crippen molar-refractivity contribution in [1.82, 2.24) is 9.97 Å². The van der Waals surface area contributed by atoms with E-state index < -0.39 is 0 Å². The van der Waals surface area contributed by atoms with Crippen molar-refractivity contribution in [2.24, 2.45) is 0 Å². The Morgan fingerprint density at radius 1 is 1.47 bits per heavy atom. The Bertz CT molecular complexity index is 460. The molecular formula is C13H18N4O2.